The predicted octanol–water partition coefficient (Wildman–Crippen LogP) is 4.57. The third-order valence-electron chi connectivity index (χ3n) is 4.42. The number of aromatic amines is 1. The van der Waals surface area contributed by atoms with Crippen LogP contribution >= 0.6 is 0 Å². The van der Waals surface area contributed by atoms with Gasteiger partial charge in [-0.2, -0.15) is 0 Å². The molecule has 3 aromatic rings. The Balaban J connectivity index is 1.86. The van der Waals surface area contributed by atoms with E-state index in [-0.39, 0.29) is 5.91 Å². The molecule has 0 saturated carbocycles. The van der Waals surface area contributed by atoms with Crippen LogP contribution in [0.3, 0.4) is 0 Å². The van der Waals surface area contributed by atoms with Crippen LogP contribution in [0.25, 0.3) is 10.9 Å². The zero-order valence-electron chi connectivity index (χ0n) is 14.4. The summed E-state index contributed by atoms with van der Waals surface area (Å²) >= 11 is 0. The van der Waals surface area contributed by atoms with Crippen molar-refractivity contribution in [2.75, 3.05) is 23.3 Å². The van der Waals surface area contributed by atoms with Crippen molar-refractivity contribution in [1.82, 2.24) is 4.98 Å². The number of nitrogens with one attached hydrogen (secondary N) is 2. The van der Waals surface area contributed by atoms with Crippen molar-refractivity contribution in [3.05, 3.63) is 59.8 Å². The Morgan fingerprint density at radius 2 is 1.92 bits per heavy atom. The van der Waals surface area contributed by atoms with Gasteiger partial charge in [0, 0.05) is 36.0 Å². The van der Waals surface area contributed by atoms with E-state index < -0.39 is 0 Å². The molecule has 3 rings (SSSR count). The standard InChI is InChI=1S/C20H23N3O/c1-4-23(5-2)16-9-10-18(14(3)13-16)22-20(24)17-8-6-7-15-11-12-21-19(15)17/h6-13,21H,4-5H2,1-3H3,(H,22,24). The smallest absolute Gasteiger partial charge is 0.257 e. The fourth-order valence-corrected chi connectivity index (χ4v) is 3.04. The first-order valence-corrected chi connectivity index (χ1v) is 8.37. The van der Waals surface area contributed by atoms with E-state index in [2.05, 4.69) is 41.2 Å². The van der Waals surface area contributed by atoms with Crippen molar-refractivity contribution in [2.45, 2.75) is 20.8 Å². The second kappa shape index (κ2) is 6.79. The van der Waals surface area contributed by atoms with Crippen molar-refractivity contribution in [3.63, 3.8) is 0 Å². The second-order valence-corrected chi connectivity index (χ2v) is 5.87. The number of anilines is 2. The van der Waals surface area contributed by atoms with E-state index in [4.69, 9.17) is 0 Å². The summed E-state index contributed by atoms with van der Waals surface area (Å²) in [6.45, 7) is 8.25. The van der Waals surface area contributed by atoms with E-state index in [9.17, 15) is 4.79 Å². The molecule has 2 aromatic carbocycles. The Morgan fingerprint density at radius 1 is 1.12 bits per heavy atom. The molecular weight excluding hydrogens is 298 g/mol. The van der Waals surface area contributed by atoms with Crippen molar-refractivity contribution < 1.29 is 4.79 Å². The number of hydrogen-bond donors (Lipinski definition) is 2. The van der Waals surface area contributed by atoms with Gasteiger partial charge in [0.1, 0.15) is 0 Å². The Hall–Kier alpha value is -2.75. The third kappa shape index (κ3) is 3.00. The van der Waals surface area contributed by atoms with Gasteiger partial charge in [0.05, 0.1) is 11.1 Å². The third-order valence-corrected chi connectivity index (χ3v) is 4.42. The molecule has 1 aromatic heterocycles. The number of aromatic nitrogens is 1. The van der Waals surface area contributed by atoms with Gasteiger partial charge in [-0.1, -0.05) is 12.1 Å². The number of fused-ring (bicyclic) bond motifs is 1. The molecule has 4 heteroatoms. The first-order valence-electron chi connectivity index (χ1n) is 8.37. The number of carbonyl (C=O) groups is 1. The van der Waals surface area contributed by atoms with Crippen LogP contribution in [0.4, 0.5) is 11.4 Å². The first kappa shape index (κ1) is 16.1. The van der Waals surface area contributed by atoms with Gasteiger partial charge in [0.2, 0.25) is 0 Å². The molecular formula is C20H23N3O. The molecule has 0 bridgehead atoms. The van der Waals surface area contributed by atoms with E-state index >= 15 is 0 Å². The van der Waals surface area contributed by atoms with E-state index in [0.717, 1.165) is 35.2 Å². The Bertz CT molecular complexity index is 862. The van der Waals surface area contributed by atoms with Crippen LogP contribution in [0, 0.1) is 6.92 Å². The highest BCUT2D eigenvalue weighted by atomic mass is 16.1. The Kier molecular flexibility index (Phi) is 4.56. The first-order chi connectivity index (χ1) is 11.6. The van der Waals surface area contributed by atoms with Crippen molar-refractivity contribution in [3.8, 4) is 0 Å². The Labute approximate surface area is 142 Å². The topological polar surface area (TPSA) is 48.1 Å². The fraction of sp³-hybridized carbons (Fsp3) is 0.250. The lowest BCUT2D eigenvalue weighted by molar-refractivity contribution is 0.102. The molecule has 0 atom stereocenters. The maximum absolute atomic E-state index is 12.7. The number of hydrogen-bond acceptors (Lipinski definition) is 2. The summed E-state index contributed by atoms with van der Waals surface area (Å²) in [6.07, 6.45) is 1.85. The van der Waals surface area contributed by atoms with Crippen molar-refractivity contribution in [1.29, 1.82) is 0 Å². The lowest BCUT2D eigenvalue weighted by Gasteiger charge is -2.22. The normalized spacial score (nSPS) is 10.8. The van der Waals surface area contributed by atoms with Crippen LogP contribution in [0.1, 0.15) is 29.8 Å². The van der Waals surface area contributed by atoms with Gasteiger partial charge >= 0.3 is 0 Å². The quantitative estimate of drug-likeness (QED) is 0.723. The molecule has 24 heavy (non-hydrogen) atoms. The monoisotopic (exact) mass is 321 g/mol. The van der Waals surface area contributed by atoms with E-state index in [0.29, 0.717) is 5.56 Å². The number of amides is 1. The van der Waals surface area contributed by atoms with Crippen molar-refractivity contribution in [2.24, 2.45) is 0 Å². The minimum Gasteiger partial charge on any atom is -0.372 e. The van der Waals surface area contributed by atoms with Crippen LogP contribution in [-0.2, 0) is 0 Å². The van der Waals surface area contributed by atoms with Gasteiger partial charge in [-0.05, 0) is 56.7 Å². The number of nitrogens with zero attached hydrogens (tertiary/aromatic N) is 1. The zero-order chi connectivity index (χ0) is 17.1. The number of rotatable bonds is 5. The van der Waals surface area contributed by atoms with Gasteiger partial charge in [-0.15, -0.1) is 0 Å². The van der Waals surface area contributed by atoms with Gasteiger partial charge in [0.25, 0.3) is 5.91 Å². The molecule has 0 saturated heterocycles. The second-order valence-electron chi connectivity index (χ2n) is 5.87. The summed E-state index contributed by atoms with van der Waals surface area (Å²) in [5.41, 5.74) is 4.62. The number of para-hydroxylation sites is 1. The van der Waals surface area contributed by atoms with Crippen LogP contribution in [0.5, 0.6) is 0 Å². The van der Waals surface area contributed by atoms with Crippen LogP contribution in [0.2, 0.25) is 0 Å². The lowest BCUT2D eigenvalue weighted by Crippen LogP contribution is -2.22. The van der Waals surface area contributed by atoms with Gasteiger partial charge < -0.3 is 15.2 Å². The molecule has 2 N–H and O–H groups in total. The summed E-state index contributed by atoms with van der Waals surface area (Å²) in [5.74, 6) is -0.0956. The molecule has 0 unspecified atom stereocenters. The number of aryl methyl sites for hydroxylation is 1. The average Bonchev–Trinajstić information content (AvgIpc) is 3.06. The van der Waals surface area contributed by atoms with Gasteiger partial charge in [0.15, 0.2) is 0 Å². The maximum atomic E-state index is 12.7. The molecule has 0 aliphatic heterocycles. The molecule has 0 radical (unpaired) electrons. The highest BCUT2D eigenvalue weighted by molar-refractivity contribution is 6.12. The summed E-state index contributed by atoms with van der Waals surface area (Å²) in [4.78, 5) is 18.1. The Morgan fingerprint density at radius 3 is 2.62 bits per heavy atom. The van der Waals surface area contributed by atoms with E-state index in [1.54, 1.807) is 0 Å². The summed E-state index contributed by atoms with van der Waals surface area (Å²) in [6, 6.07) is 13.9. The van der Waals surface area contributed by atoms with Crippen LogP contribution in [-0.4, -0.2) is 24.0 Å². The minimum absolute atomic E-state index is 0.0956. The largest absolute Gasteiger partial charge is 0.372 e. The van der Waals surface area contributed by atoms with Crippen LogP contribution < -0.4 is 10.2 Å². The molecule has 1 heterocycles. The number of benzene rings is 2. The van der Waals surface area contributed by atoms with E-state index in [1.807, 2.05) is 43.5 Å². The fourth-order valence-electron chi connectivity index (χ4n) is 3.04. The molecule has 124 valence electrons. The van der Waals surface area contributed by atoms with Gasteiger partial charge in [-0.3, -0.25) is 4.79 Å². The summed E-state index contributed by atoms with van der Waals surface area (Å²) in [5, 5.41) is 4.07. The molecule has 0 fully saturated rings. The summed E-state index contributed by atoms with van der Waals surface area (Å²) in [7, 11) is 0. The molecule has 0 spiro atoms. The highest BCUT2D eigenvalue weighted by Crippen LogP contribution is 2.24. The van der Waals surface area contributed by atoms with Gasteiger partial charge in [-0.25, -0.2) is 0 Å². The maximum Gasteiger partial charge on any atom is 0.257 e. The van der Waals surface area contributed by atoms with Crippen LogP contribution in [0.15, 0.2) is 48.7 Å². The molecule has 1 amide bonds. The molecule has 0 aliphatic rings. The number of H-pyrrole nitrogens is 1. The van der Waals surface area contributed by atoms with Crippen molar-refractivity contribution >= 4 is 28.2 Å². The SMILES string of the molecule is CCN(CC)c1ccc(NC(=O)c2cccc3cc[nH]c23)c(C)c1. The van der Waals surface area contributed by atoms with E-state index in [1.165, 1.54) is 5.69 Å². The highest BCUT2D eigenvalue weighted by Gasteiger charge is 2.12. The molecule has 4 nitrogen and oxygen atoms in total. The lowest BCUT2D eigenvalue weighted by atomic mass is 10.1. The molecule has 0 aliphatic carbocycles. The average molecular weight is 321 g/mol. The number of carbonyl (C=O) groups excluding carboxylic acids is 1. The zero-order valence-corrected chi connectivity index (χ0v) is 14.4. The predicted molar refractivity (Wildman–Crippen MR) is 101 cm³/mol. The minimum atomic E-state index is -0.0956. The summed E-state index contributed by atoms with van der Waals surface area (Å²) < 4.78 is 0.